The van der Waals surface area contributed by atoms with Crippen LogP contribution in [0.25, 0.3) is 0 Å². The Labute approximate surface area is 111 Å². The molecule has 0 atom stereocenters. The van der Waals surface area contributed by atoms with E-state index in [0.29, 0.717) is 6.61 Å². The van der Waals surface area contributed by atoms with Crippen LogP contribution in [0.2, 0.25) is 0 Å². The first-order chi connectivity index (χ1) is 8.79. The van der Waals surface area contributed by atoms with Gasteiger partial charge >= 0.3 is 0 Å². The molecule has 96 valence electrons. The molecule has 0 fully saturated rings. The lowest BCUT2D eigenvalue weighted by Crippen LogP contribution is -1.98. The summed E-state index contributed by atoms with van der Waals surface area (Å²) in [6, 6.07) is 5.79. The highest BCUT2D eigenvalue weighted by atomic mass is 32.2. The molecule has 1 aromatic heterocycles. The van der Waals surface area contributed by atoms with Crippen LogP contribution in [0.15, 0.2) is 41.8 Å². The summed E-state index contributed by atoms with van der Waals surface area (Å²) in [4.78, 5) is 5.08. The first-order valence-corrected chi connectivity index (χ1v) is 6.89. The molecule has 0 saturated carbocycles. The number of thioether (sulfide) groups is 1. The van der Waals surface area contributed by atoms with Crippen molar-refractivity contribution in [1.29, 1.82) is 0 Å². The molecule has 0 saturated heterocycles. The van der Waals surface area contributed by atoms with Crippen LogP contribution in [0.5, 0.6) is 5.75 Å². The number of hydrogen-bond acceptors (Lipinski definition) is 4. The Morgan fingerprint density at radius 1 is 1.44 bits per heavy atom. The Hall–Kier alpha value is -1.62. The topological polar surface area (TPSA) is 53.1 Å². The SMILES string of the molecule is CCOc1ccc(N)c(SCCn2ccnc2)c1. The van der Waals surface area contributed by atoms with Crippen molar-refractivity contribution in [3.8, 4) is 5.75 Å². The van der Waals surface area contributed by atoms with Crippen LogP contribution in [0.4, 0.5) is 5.69 Å². The molecular weight excluding hydrogens is 246 g/mol. The molecule has 0 aliphatic rings. The summed E-state index contributed by atoms with van der Waals surface area (Å²) in [5.74, 6) is 1.83. The Balaban J connectivity index is 1.93. The van der Waals surface area contributed by atoms with Crippen LogP contribution < -0.4 is 10.5 Å². The first-order valence-electron chi connectivity index (χ1n) is 5.90. The third kappa shape index (κ3) is 3.43. The molecule has 18 heavy (non-hydrogen) atoms. The second kappa shape index (κ2) is 6.35. The van der Waals surface area contributed by atoms with Crippen LogP contribution >= 0.6 is 11.8 Å². The van der Waals surface area contributed by atoms with Gasteiger partial charge in [0.25, 0.3) is 0 Å². The number of benzene rings is 1. The van der Waals surface area contributed by atoms with Crippen molar-refractivity contribution in [3.05, 3.63) is 36.9 Å². The Morgan fingerprint density at radius 2 is 2.33 bits per heavy atom. The molecule has 0 radical (unpaired) electrons. The normalized spacial score (nSPS) is 10.5. The maximum atomic E-state index is 5.95. The zero-order valence-electron chi connectivity index (χ0n) is 10.4. The highest BCUT2D eigenvalue weighted by molar-refractivity contribution is 7.99. The minimum Gasteiger partial charge on any atom is -0.494 e. The molecule has 0 bridgehead atoms. The molecule has 1 aromatic carbocycles. The number of hydrogen-bond donors (Lipinski definition) is 1. The maximum absolute atomic E-state index is 5.95. The van der Waals surface area contributed by atoms with E-state index in [1.807, 2.05) is 37.6 Å². The number of nitrogens with zero attached hydrogens (tertiary/aromatic N) is 2. The molecule has 2 aromatic rings. The molecule has 0 amide bonds. The number of anilines is 1. The highest BCUT2D eigenvalue weighted by Gasteiger charge is 2.03. The highest BCUT2D eigenvalue weighted by Crippen LogP contribution is 2.29. The van der Waals surface area contributed by atoms with Gasteiger partial charge in [-0.2, -0.15) is 0 Å². The van der Waals surface area contributed by atoms with Crippen molar-refractivity contribution >= 4 is 17.4 Å². The Bertz CT molecular complexity index is 485. The Kier molecular flexibility index (Phi) is 4.52. The van der Waals surface area contributed by atoms with Crippen molar-refractivity contribution in [2.45, 2.75) is 18.4 Å². The van der Waals surface area contributed by atoms with Crippen molar-refractivity contribution in [3.63, 3.8) is 0 Å². The summed E-state index contributed by atoms with van der Waals surface area (Å²) in [6.07, 6.45) is 5.57. The van der Waals surface area contributed by atoms with Gasteiger partial charge in [-0.3, -0.25) is 0 Å². The number of nitrogens with two attached hydrogens (primary N) is 1. The van der Waals surface area contributed by atoms with Crippen molar-refractivity contribution in [2.75, 3.05) is 18.1 Å². The predicted molar refractivity (Wildman–Crippen MR) is 75.0 cm³/mol. The van der Waals surface area contributed by atoms with Gasteiger partial charge in [0.15, 0.2) is 0 Å². The minimum absolute atomic E-state index is 0.670. The fraction of sp³-hybridized carbons (Fsp3) is 0.308. The van der Waals surface area contributed by atoms with Gasteiger partial charge in [-0.15, -0.1) is 11.8 Å². The zero-order chi connectivity index (χ0) is 12.8. The molecule has 2 N–H and O–H groups in total. The molecule has 1 heterocycles. The number of imidazole rings is 1. The van der Waals surface area contributed by atoms with Gasteiger partial charge < -0.3 is 15.0 Å². The second-order valence-electron chi connectivity index (χ2n) is 3.78. The maximum Gasteiger partial charge on any atom is 0.120 e. The molecule has 0 aliphatic carbocycles. The average Bonchev–Trinajstić information content (AvgIpc) is 2.86. The third-order valence-electron chi connectivity index (χ3n) is 2.46. The Morgan fingerprint density at radius 3 is 3.06 bits per heavy atom. The molecular formula is C13H17N3OS. The molecule has 4 nitrogen and oxygen atoms in total. The molecule has 5 heteroatoms. The van der Waals surface area contributed by atoms with Crippen LogP contribution in [0.3, 0.4) is 0 Å². The second-order valence-corrected chi connectivity index (χ2v) is 4.92. The van der Waals surface area contributed by atoms with E-state index in [9.17, 15) is 0 Å². The number of ether oxygens (including phenoxy) is 1. The van der Waals surface area contributed by atoms with E-state index in [4.69, 9.17) is 10.5 Å². The van der Waals surface area contributed by atoms with Gasteiger partial charge in [-0.1, -0.05) is 0 Å². The lowest BCUT2D eigenvalue weighted by molar-refractivity contribution is 0.339. The van der Waals surface area contributed by atoms with Crippen LogP contribution in [0, 0.1) is 0 Å². The van der Waals surface area contributed by atoms with Gasteiger partial charge in [0.2, 0.25) is 0 Å². The van der Waals surface area contributed by atoms with Gasteiger partial charge in [0, 0.05) is 35.3 Å². The number of aryl methyl sites for hydroxylation is 1. The van der Waals surface area contributed by atoms with E-state index in [1.54, 1.807) is 18.0 Å². The number of nitrogen functional groups attached to an aromatic ring is 1. The van der Waals surface area contributed by atoms with E-state index in [0.717, 1.165) is 28.6 Å². The van der Waals surface area contributed by atoms with Crippen LogP contribution in [-0.4, -0.2) is 21.9 Å². The molecule has 0 unspecified atom stereocenters. The van der Waals surface area contributed by atoms with Gasteiger partial charge in [-0.05, 0) is 25.1 Å². The average molecular weight is 263 g/mol. The lowest BCUT2D eigenvalue weighted by Gasteiger charge is -2.09. The van der Waals surface area contributed by atoms with Crippen LogP contribution in [0.1, 0.15) is 6.92 Å². The van der Waals surface area contributed by atoms with Gasteiger partial charge in [-0.25, -0.2) is 4.98 Å². The van der Waals surface area contributed by atoms with Gasteiger partial charge in [0.1, 0.15) is 5.75 Å². The molecule has 0 spiro atoms. The van der Waals surface area contributed by atoms with Crippen molar-refractivity contribution in [1.82, 2.24) is 9.55 Å². The van der Waals surface area contributed by atoms with E-state index in [1.165, 1.54) is 0 Å². The number of aromatic nitrogens is 2. The van der Waals surface area contributed by atoms with Crippen LogP contribution in [-0.2, 0) is 6.54 Å². The summed E-state index contributed by atoms with van der Waals surface area (Å²) >= 11 is 1.73. The fourth-order valence-corrected chi connectivity index (χ4v) is 2.53. The summed E-state index contributed by atoms with van der Waals surface area (Å²) in [5, 5.41) is 0. The summed E-state index contributed by atoms with van der Waals surface area (Å²) in [5.41, 5.74) is 6.75. The summed E-state index contributed by atoms with van der Waals surface area (Å²) in [6.45, 7) is 3.56. The van der Waals surface area contributed by atoms with Crippen molar-refractivity contribution in [2.24, 2.45) is 0 Å². The van der Waals surface area contributed by atoms with Gasteiger partial charge in [0.05, 0.1) is 12.9 Å². The molecule has 2 rings (SSSR count). The monoisotopic (exact) mass is 263 g/mol. The summed E-state index contributed by atoms with van der Waals surface area (Å²) < 4.78 is 7.52. The predicted octanol–water partition coefficient (Wildman–Crippen LogP) is 2.66. The van der Waals surface area contributed by atoms with E-state index >= 15 is 0 Å². The molecule has 0 aliphatic heterocycles. The third-order valence-corrected chi connectivity index (χ3v) is 3.51. The smallest absolute Gasteiger partial charge is 0.120 e. The standard InChI is InChI=1S/C13H17N3OS/c1-2-17-11-3-4-12(14)13(9-11)18-8-7-16-6-5-15-10-16/h3-6,9-10H,2,7-8,14H2,1H3. The zero-order valence-corrected chi connectivity index (χ0v) is 11.2. The lowest BCUT2D eigenvalue weighted by atomic mass is 10.3. The largest absolute Gasteiger partial charge is 0.494 e. The quantitative estimate of drug-likeness (QED) is 0.643. The van der Waals surface area contributed by atoms with E-state index < -0.39 is 0 Å². The first kappa shape index (κ1) is 12.8. The number of rotatable bonds is 6. The van der Waals surface area contributed by atoms with E-state index in [-0.39, 0.29) is 0 Å². The van der Waals surface area contributed by atoms with E-state index in [2.05, 4.69) is 9.55 Å². The minimum atomic E-state index is 0.670. The van der Waals surface area contributed by atoms with Crippen molar-refractivity contribution < 1.29 is 4.74 Å². The summed E-state index contributed by atoms with van der Waals surface area (Å²) in [7, 11) is 0. The fourth-order valence-electron chi connectivity index (χ4n) is 1.58.